The molecular formula is C20H23F2N5O3. The Bertz CT molecular complexity index is 887. The number of piperazine rings is 1. The van der Waals surface area contributed by atoms with E-state index in [9.17, 15) is 18.4 Å². The average Bonchev–Trinajstić information content (AvgIpc) is 2.76. The van der Waals surface area contributed by atoms with Crippen molar-refractivity contribution in [2.45, 2.75) is 6.54 Å². The van der Waals surface area contributed by atoms with Crippen molar-refractivity contribution in [3.05, 3.63) is 59.7 Å². The lowest BCUT2D eigenvalue weighted by Gasteiger charge is -2.33. The number of methoxy groups -OCH3 is 1. The first-order valence-corrected chi connectivity index (χ1v) is 9.37. The molecule has 2 aromatic carbocycles. The van der Waals surface area contributed by atoms with Crippen molar-refractivity contribution < 1.29 is 23.1 Å². The highest BCUT2D eigenvalue weighted by molar-refractivity contribution is 5.90. The van der Waals surface area contributed by atoms with Gasteiger partial charge < -0.3 is 15.0 Å². The number of anilines is 2. The maximum absolute atomic E-state index is 14.8. The fraction of sp³-hybridized carbons (Fsp3) is 0.300. The molecule has 0 radical (unpaired) electrons. The van der Waals surface area contributed by atoms with Crippen molar-refractivity contribution in [1.82, 2.24) is 15.2 Å². The zero-order valence-electron chi connectivity index (χ0n) is 16.5. The summed E-state index contributed by atoms with van der Waals surface area (Å²) in [6, 6.07) is 9.51. The summed E-state index contributed by atoms with van der Waals surface area (Å²) in [7, 11) is 1.34. The fourth-order valence-corrected chi connectivity index (χ4v) is 3.07. The van der Waals surface area contributed by atoms with E-state index in [4.69, 9.17) is 4.74 Å². The SMILES string of the molecule is COC(=O)N1CCN(Cc2cccc(NC(=O)NNc3ccc(F)cc3)c2F)CC1. The Morgan fingerprint density at radius 3 is 2.40 bits per heavy atom. The first-order chi connectivity index (χ1) is 14.5. The first-order valence-electron chi connectivity index (χ1n) is 9.37. The van der Waals surface area contributed by atoms with Crippen LogP contribution in [0.25, 0.3) is 0 Å². The quantitative estimate of drug-likeness (QED) is 0.649. The molecule has 0 unspecified atom stereocenters. The molecular weight excluding hydrogens is 396 g/mol. The smallest absolute Gasteiger partial charge is 0.409 e. The van der Waals surface area contributed by atoms with E-state index in [1.165, 1.54) is 37.4 Å². The van der Waals surface area contributed by atoms with Crippen molar-refractivity contribution in [2.24, 2.45) is 0 Å². The van der Waals surface area contributed by atoms with E-state index in [1.54, 1.807) is 17.0 Å². The van der Waals surface area contributed by atoms with Crippen LogP contribution < -0.4 is 16.2 Å². The molecule has 1 aliphatic heterocycles. The predicted octanol–water partition coefficient (Wildman–Crippen LogP) is 3.00. The molecule has 1 aliphatic rings. The Morgan fingerprint density at radius 1 is 1.03 bits per heavy atom. The topological polar surface area (TPSA) is 85.9 Å². The molecule has 30 heavy (non-hydrogen) atoms. The number of hydrogen-bond acceptors (Lipinski definition) is 5. The lowest BCUT2D eigenvalue weighted by Crippen LogP contribution is -2.48. The zero-order chi connectivity index (χ0) is 21.5. The van der Waals surface area contributed by atoms with Crippen molar-refractivity contribution in [3.63, 3.8) is 0 Å². The number of rotatable bonds is 5. The monoisotopic (exact) mass is 419 g/mol. The number of hydrogen-bond donors (Lipinski definition) is 3. The Hall–Kier alpha value is -3.40. The van der Waals surface area contributed by atoms with E-state index in [0.717, 1.165) is 0 Å². The molecule has 8 nitrogen and oxygen atoms in total. The molecule has 2 aromatic rings. The zero-order valence-corrected chi connectivity index (χ0v) is 16.5. The molecule has 3 rings (SSSR count). The van der Waals surface area contributed by atoms with E-state index < -0.39 is 17.7 Å². The number of ether oxygens (including phenoxy) is 1. The fourth-order valence-electron chi connectivity index (χ4n) is 3.07. The van der Waals surface area contributed by atoms with Gasteiger partial charge in [-0.3, -0.25) is 15.8 Å². The van der Waals surface area contributed by atoms with Crippen LogP contribution in [0.3, 0.4) is 0 Å². The number of amides is 3. The maximum atomic E-state index is 14.8. The van der Waals surface area contributed by atoms with Gasteiger partial charge in [-0.2, -0.15) is 0 Å². The number of carbonyl (C=O) groups excluding carboxylic acids is 2. The number of benzene rings is 2. The Labute approximate surface area is 172 Å². The van der Waals surface area contributed by atoms with Gasteiger partial charge in [-0.1, -0.05) is 12.1 Å². The number of halogens is 2. The van der Waals surface area contributed by atoms with Gasteiger partial charge in [0.05, 0.1) is 18.5 Å². The van der Waals surface area contributed by atoms with Crippen LogP contribution >= 0.6 is 0 Å². The van der Waals surface area contributed by atoms with Crippen LogP contribution in [0.1, 0.15) is 5.56 Å². The molecule has 0 atom stereocenters. The second kappa shape index (κ2) is 9.88. The standard InChI is InChI=1S/C20H23F2N5O3/c1-30-20(29)27-11-9-26(10-12-27)13-14-3-2-4-17(18(14)22)23-19(28)25-24-16-7-5-15(21)6-8-16/h2-8,24H,9-13H2,1H3,(H2,23,25,28). The molecule has 0 saturated carbocycles. The average molecular weight is 419 g/mol. The maximum Gasteiger partial charge on any atom is 0.409 e. The molecule has 0 aliphatic carbocycles. The molecule has 160 valence electrons. The van der Waals surface area contributed by atoms with Gasteiger partial charge in [0.2, 0.25) is 0 Å². The summed E-state index contributed by atoms with van der Waals surface area (Å²) in [6.07, 6.45) is -0.368. The summed E-state index contributed by atoms with van der Waals surface area (Å²) in [6.45, 7) is 2.54. The van der Waals surface area contributed by atoms with Gasteiger partial charge in [0.25, 0.3) is 0 Å². The summed E-state index contributed by atoms with van der Waals surface area (Å²) in [4.78, 5) is 27.2. The van der Waals surface area contributed by atoms with Crippen LogP contribution in [0.2, 0.25) is 0 Å². The normalized spacial score (nSPS) is 14.2. The van der Waals surface area contributed by atoms with Gasteiger partial charge in [-0.15, -0.1) is 0 Å². The largest absolute Gasteiger partial charge is 0.453 e. The lowest BCUT2D eigenvalue weighted by molar-refractivity contribution is 0.0885. The molecule has 0 spiro atoms. The highest BCUT2D eigenvalue weighted by Crippen LogP contribution is 2.20. The Kier molecular flexibility index (Phi) is 7.02. The second-order valence-corrected chi connectivity index (χ2v) is 6.72. The lowest BCUT2D eigenvalue weighted by atomic mass is 10.1. The first kappa shape index (κ1) is 21.3. The van der Waals surface area contributed by atoms with Crippen LogP contribution in [-0.4, -0.2) is 55.2 Å². The summed E-state index contributed by atoms with van der Waals surface area (Å²) < 4.78 is 32.4. The minimum Gasteiger partial charge on any atom is -0.453 e. The predicted molar refractivity (Wildman–Crippen MR) is 108 cm³/mol. The number of urea groups is 1. The molecule has 1 fully saturated rings. The van der Waals surface area contributed by atoms with Crippen LogP contribution in [0.15, 0.2) is 42.5 Å². The number of nitrogens with one attached hydrogen (secondary N) is 3. The van der Waals surface area contributed by atoms with Crippen molar-refractivity contribution in [2.75, 3.05) is 44.0 Å². The van der Waals surface area contributed by atoms with Gasteiger partial charge in [-0.25, -0.2) is 18.4 Å². The molecule has 0 bridgehead atoms. The third-order valence-electron chi connectivity index (χ3n) is 4.69. The van der Waals surface area contributed by atoms with Crippen LogP contribution in [0, 0.1) is 11.6 Å². The minimum atomic E-state index is -0.665. The third kappa shape index (κ3) is 5.57. The van der Waals surface area contributed by atoms with Gasteiger partial charge in [0.1, 0.15) is 5.82 Å². The number of hydrazine groups is 1. The molecule has 3 N–H and O–H groups in total. The van der Waals surface area contributed by atoms with Gasteiger partial charge in [0, 0.05) is 38.3 Å². The number of nitrogens with zero attached hydrogens (tertiary/aromatic N) is 2. The summed E-state index contributed by atoms with van der Waals surface area (Å²) in [5.74, 6) is -0.916. The van der Waals surface area contributed by atoms with Gasteiger partial charge in [0.15, 0.2) is 5.82 Å². The van der Waals surface area contributed by atoms with E-state index in [1.807, 2.05) is 4.90 Å². The molecule has 1 saturated heterocycles. The third-order valence-corrected chi connectivity index (χ3v) is 4.69. The van der Waals surface area contributed by atoms with E-state index in [-0.39, 0.29) is 11.8 Å². The van der Waals surface area contributed by atoms with E-state index in [0.29, 0.717) is 44.0 Å². The summed E-state index contributed by atoms with van der Waals surface area (Å²) in [5.41, 5.74) is 5.93. The van der Waals surface area contributed by atoms with E-state index in [2.05, 4.69) is 16.2 Å². The van der Waals surface area contributed by atoms with Crippen molar-refractivity contribution in [3.8, 4) is 0 Å². The Morgan fingerprint density at radius 2 is 1.73 bits per heavy atom. The van der Waals surface area contributed by atoms with Crippen LogP contribution in [0.5, 0.6) is 0 Å². The molecule has 0 aromatic heterocycles. The minimum absolute atomic E-state index is 0.0408. The summed E-state index contributed by atoms with van der Waals surface area (Å²) >= 11 is 0. The summed E-state index contributed by atoms with van der Waals surface area (Å²) in [5, 5.41) is 2.45. The van der Waals surface area contributed by atoms with Crippen molar-refractivity contribution in [1.29, 1.82) is 0 Å². The van der Waals surface area contributed by atoms with E-state index >= 15 is 0 Å². The second-order valence-electron chi connectivity index (χ2n) is 6.72. The number of carbonyl (C=O) groups is 2. The highest BCUT2D eigenvalue weighted by atomic mass is 19.1. The molecule has 10 heteroatoms. The van der Waals surface area contributed by atoms with Gasteiger partial charge >= 0.3 is 12.1 Å². The molecule has 1 heterocycles. The van der Waals surface area contributed by atoms with Crippen LogP contribution in [0.4, 0.5) is 29.7 Å². The Balaban J connectivity index is 1.53. The van der Waals surface area contributed by atoms with Crippen molar-refractivity contribution >= 4 is 23.5 Å². The highest BCUT2D eigenvalue weighted by Gasteiger charge is 2.22. The molecule has 3 amide bonds. The van der Waals surface area contributed by atoms with Gasteiger partial charge in [-0.05, 0) is 30.3 Å². The van der Waals surface area contributed by atoms with Crippen LogP contribution in [-0.2, 0) is 11.3 Å².